The predicted octanol–water partition coefficient (Wildman–Crippen LogP) is 0.575. The molecule has 0 atom stereocenters. The van der Waals surface area contributed by atoms with E-state index < -0.39 is 0 Å². The summed E-state index contributed by atoms with van der Waals surface area (Å²) in [4.78, 5) is 0. The van der Waals surface area contributed by atoms with Gasteiger partial charge in [-0.15, -0.1) is 0 Å². The van der Waals surface area contributed by atoms with E-state index in [1.165, 1.54) is 11.1 Å². The lowest BCUT2D eigenvalue weighted by Crippen LogP contribution is -2.47. The van der Waals surface area contributed by atoms with Gasteiger partial charge in [-0.1, -0.05) is 18.2 Å². The lowest BCUT2D eigenvalue weighted by molar-refractivity contribution is -0.386. The summed E-state index contributed by atoms with van der Waals surface area (Å²) in [7, 11) is 1.71. The van der Waals surface area contributed by atoms with E-state index in [-0.39, 0.29) is 0 Å². The van der Waals surface area contributed by atoms with Crippen LogP contribution in [0.25, 0.3) is 0 Å². The Kier molecular flexibility index (Phi) is 3.08. The summed E-state index contributed by atoms with van der Waals surface area (Å²) in [5.74, 6) is 0. The molecule has 0 spiro atoms. The monoisotopic (exact) mass is 152 g/mol. The first-order valence-corrected chi connectivity index (χ1v) is 3.73. The molecule has 0 saturated carbocycles. The number of rotatable bonds is 3. The van der Waals surface area contributed by atoms with Crippen LogP contribution in [-0.4, -0.2) is 7.11 Å². The van der Waals surface area contributed by atoms with Crippen LogP contribution < -0.4 is 5.73 Å². The molecule has 11 heavy (non-hydrogen) atoms. The van der Waals surface area contributed by atoms with Gasteiger partial charge >= 0.3 is 0 Å². The quantitative estimate of drug-likeness (QED) is 0.675. The molecule has 0 fully saturated rings. The third kappa shape index (κ3) is 2.33. The van der Waals surface area contributed by atoms with Crippen molar-refractivity contribution in [3.05, 3.63) is 35.4 Å². The van der Waals surface area contributed by atoms with Crippen LogP contribution in [0.15, 0.2) is 24.3 Å². The molecule has 3 N–H and O–H groups in total. The molecule has 0 radical (unpaired) electrons. The van der Waals surface area contributed by atoms with Crippen molar-refractivity contribution in [2.45, 2.75) is 13.2 Å². The Hall–Kier alpha value is -0.860. The van der Waals surface area contributed by atoms with Crippen molar-refractivity contribution in [3.63, 3.8) is 0 Å². The van der Waals surface area contributed by atoms with Crippen LogP contribution in [0, 0.1) is 0 Å². The van der Waals surface area contributed by atoms with E-state index in [0.717, 1.165) is 6.54 Å². The maximum atomic E-state index is 5.01. The number of hydrogen-bond acceptors (Lipinski definition) is 1. The SMILES string of the molecule is COCc1cccc(C[NH3+])c1. The molecule has 0 aliphatic rings. The van der Waals surface area contributed by atoms with Crippen molar-refractivity contribution in [1.29, 1.82) is 0 Å². The standard InChI is InChI=1S/C9H13NO/c1-11-7-9-4-2-3-8(5-9)6-10/h2-5H,6-7,10H2,1H3/p+1. The lowest BCUT2D eigenvalue weighted by atomic mass is 10.1. The fraction of sp³-hybridized carbons (Fsp3) is 0.333. The van der Waals surface area contributed by atoms with E-state index in [4.69, 9.17) is 4.74 Å². The van der Waals surface area contributed by atoms with Gasteiger partial charge in [-0.05, 0) is 11.6 Å². The van der Waals surface area contributed by atoms with E-state index >= 15 is 0 Å². The first-order valence-electron chi connectivity index (χ1n) is 3.73. The Morgan fingerprint density at radius 3 is 2.73 bits per heavy atom. The number of hydrogen-bond donors (Lipinski definition) is 1. The molecule has 1 aromatic rings. The summed E-state index contributed by atoms with van der Waals surface area (Å²) >= 11 is 0. The second kappa shape index (κ2) is 4.11. The molecule has 0 aromatic heterocycles. The van der Waals surface area contributed by atoms with Crippen LogP contribution in [0.3, 0.4) is 0 Å². The van der Waals surface area contributed by atoms with Gasteiger partial charge in [0.2, 0.25) is 0 Å². The van der Waals surface area contributed by atoms with E-state index in [0.29, 0.717) is 6.61 Å². The largest absolute Gasteiger partial charge is 0.380 e. The zero-order valence-corrected chi connectivity index (χ0v) is 6.84. The molecule has 0 saturated heterocycles. The van der Waals surface area contributed by atoms with Crippen LogP contribution in [0.1, 0.15) is 11.1 Å². The highest BCUT2D eigenvalue weighted by molar-refractivity contribution is 5.21. The third-order valence-corrected chi connectivity index (χ3v) is 1.59. The fourth-order valence-electron chi connectivity index (χ4n) is 1.04. The topological polar surface area (TPSA) is 36.9 Å². The summed E-state index contributed by atoms with van der Waals surface area (Å²) in [5, 5.41) is 0. The van der Waals surface area contributed by atoms with Crippen molar-refractivity contribution in [3.8, 4) is 0 Å². The second-order valence-corrected chi connectivity index (χ2v) is 2.50. The first kappa shape index (κ1) is 8.24. The second-order valence-electron chi connectivity index (χ2n) is 2.50. The summed E-state index contributed by atoms with van der Waals surface area (Å²) in [6, 6.07) is 8.29. The molecule has 1 aromatic carbocycles. The fourth-order valence-corrected chi connectivity index (χ4v) is 1.04. The minimum Gasteiger partial charge on any atom is -0.380 e. The highest BCUT2D eigenvalue weighted by atomic mass is 16.5. The van der Waals surface area contributed by atoms with Gasteiger partial charge in [-0.3, -0.25) is 0 Å². The predicted molar refractivity (Wildman–Crippen MR) is 43.7 cm³/mol. The summed E-state index contributed by atoms with van der Waals surface area (Å²) in [6.07, 6.45) is 0. The molecular formula is C9H14NO+. The summed E-state index contributed by atoms with van der Waals surface area (Å²) in [5.41, 5.74) is 6.30. The molecule has 0 amide bonds. The average Bonchev–Trinajstić information content (AvgIpc) is 2.06. The number of ether oxygens (including phenoxy) is 1. The van der Waals surface area contributed by atoms with Gasteiger partial charge in [-0.25, -0.2) is 0 Å². The Morgan fingerprint density at radius 2 is 2.09 bits per heavy atom. The highest BCUT2D eigenvalue weighted by Gasteiger charge is 1.93. The Morgan fingerprint density at radius 1 is 1.36 bits per heavy atom. The molecule has 1 rings (SSSR count). The number of methoxy groups -OCH3 is 1. The molecule has 0 aliphatic carbocycles. The van der Waals surface area contributed by atoms with Gasteiger partial charge in [0.25, 0.3) is 0 Å². The Labute approximate surface area is 67.0 Å². The lowest BCUT2D eigenvalue weighted by Gasteiger charge is -2.00. The van der Waals surface area contributed by atoms with Crippen molar-refractivity contribution in [2.75, 3.05) is 7.11 Å². The summed E-state index contributed by atoms with van der Waals surface area (Å²) < 4.78 is 5.01. The Bertz CT molecular complexity index is 223. The van der Waals surface area contributed by atoms with E-state index in [1.807, 2.05) is 6.07 Å². The van der Waals surface area contributed by atoms with Crippen LogP contribution in [0.4, 0.5) is 0 Å². The maximum Gasteiger partial charge on any atom is 0.0997 e. The van der Waals surface area contributed by atoms with Crippen LogP contribution in [0.5, 0.6) is 0 Å². The normalized spacial score (nSPS) is 10.0. The molecular weight excluding hydrogens is 138 g/mol. The van der Waals surface area contributed by atoms with Gasteiger partial charge in [-0.2, -0.15) is 0 Å². The minimum absolute atomic E-state index is 0.688. The van der Waals surface area contributed by atoms with Crippen molar-refractivity contribution in [2.24, 2.45) is 0 Å². The molecule has 0 aliphatic heterocycles. The smallest absolute Gasteiger partial charge is 0.0997 e. The average molecular weight is 152 g/mol. The Balaban J connectivity index is 2.74. The van der Waals surface area contributed by atoms with Crippen molar-refractivity contribution in [1.82, 2.24) is 0 Å². The van der Waals surface area contributed by atoms with Crippen molar-refractivity contribution < 1.29 is 10.5 Å². The molecule has 2 heteroatoms. The zero-order chi connectivity index (χ0) is 8.10. The van der Waals surface area contributed by atoms with Crippen LogP contribution >= 0.6 is 0 Å². The van der Waals surface area contributed by atoms with Gasteiger partial charge in [0, 0.05) is 12.7 Å². The first-order chi connectivity index (χ1) is 5.36. The van der Waals surface area contributed by atoms with Crippen LogP contribution in [0.2, 0.25) is 0 Å². The molecule has 0 heterocycles. The summed E-state index contributed by atoms with van der Waals surface area (Å²) in [6.45, 7) is 1.53. The van der Waals surface area contributed by atoms with E-state index in [2.05, 4.69) is 23.9 Å². The van der Waals surface area contributed by atoms with E-state index in [9.17, 15) is 0 Å². The molecule has 0 unspecified atom stereocenters. The molecule has 0 bridgehead atoms. The van der Waals surface area contributed by atoms with E-state index in [1.54, 1.807) is 7.11 Å². The van der Waals surface area contributed by atoms with Gasteiger partial charge in [0.1, 0.15) is 0 Å². The third-order valence-electron chi connectivity index (χ3n) is 1.59. The highest BCUT2D eigenvalue weighted by Crippen LogP contribution is 2.04. The molecule has 60 valence electrons. The minimum atomic E-state index is 0.688. The van der Waals surface area contributed by atoms with Crippen LogP contribution in [-0.2, 0) is 17.9 Å². The number of quaternary nitrogens is 1. The zero-order valence-electron chi connectivity index (χ0n) is 6.84. The maximum absolute atomic E-state index is 5.01. The van der Waals surface area contributed by atoms with Crippen molar-refractivity contribution >= 4 is 0 Å². The molecule has 2 nitrogen and oxygen atoms in total. The van der Waals surface area contributed by atoms with Gasteiger partial charge in [0.15, 0.2) is 0 Å². The van der Waals surface area contributed by atoms with Gasteiger partial charge < -0.3 is 10.5 Å². The number of benzene rings is 1. The van der Waals surface area contributed by atoms with Gasteiger partial charge in [0.05, 0.1) is 13.2 Å².